The molecule has 1 aliphatic heterocycles. The van der Waals surface area contributed by atoms with E-state index in [1.54, 1.807) is 0 Å². The van der Waals surface area contributed by atoms with Gasteiger partial charge in [-0.1, -0.05) is 30.3 Å². The van der Waals surface area contributed by atoms with Crippen LogP contribution in [0.25, 0.3) is 11.5 Å². The van der Waals surface area contributed by atoms with E-state index in [-0.39, 0.29) is 11.9 Å². The molecular formula is C20H20N4O2. The second kappa shape index (κ2) is 7.49. The predicted octanol–water partition coefficient (Wildman–Crippen LogP) is 3.34. The van der Waals surface area contributed by atoms with Crippen molar-refractivity contribution in [2.45, 2.75) is 25.4 Å². The van der Waals surface area contributed by atoms with Gasteiger partial charge in [-0.2, -0.15) is 0 Å². The number of anilines is 1. The third-order valence-corrected chi connectivity index (χ3v) is 4.65. The zero-order valence-electron chi connectivity index (χ0n) is 14.3. The fourth-order valence-corrected chi connectivity index (χ4v) is 3.35. The average molecular weight is 348 g/mol. The summed E-state index contributed by atoms with van der Waals surface area (Å²) in [6.45, 7) is 1.75. The quantitative estimate of drug-likeness (QED) is 0.766. The maximum Gasteiger partial charge on any atom is 0.247 e. The third-order valence-electron chi connectivity index (χ3n) is 4.65. The van der Waals surface area contributed by atoms with Crippen LogP contribution in [0.5, 0.6) is 0 Å². The molecular weight excluding hydrogens is 328 g/mol. The summed E-state index contributed by atoms with van der Waals surface area (Å²) in [7, 11) is 0. The van der Waals surface area contributed by atoms with Gasteiger partial charge in [0.25, 0.3) is 0 Å². The van der Waals surface area contributed by atoms with Crippen LogP contribution < -0.4 is 5.32 Å². The molecule has 1 atom stereocenters. The molecule has 2 aromatic carbocycles. The first kappa shape index (κ1) is 16.5. The van der Waals surface area contributed by atoms with Gasteiger partial charge < -0.3 is 9.73 Å². The van der Waals surface area contributed by atoms with Gasteiger partial charge in [-0.25, -0.2) is 0 Å². The standard InChI is InChI=1S/C20H20N4O2/c25-19(18-7-4-12-24(18)13-15-5-2-1-3-6-15)22-17-10-8-16(9-11-17)20-23-21-14-26-20/h1-3,5-6,8-11,14,18H,4,7,12-13H2,(H,22,25)/t18-/m1/s1. The molecule has 6 heteroatoms. The molecule has 0 aliphatic carbocycles. The zero-order chi connectivity index (χ0) is 17.8. The van der Waals surface area contributed by atoms with Crippen molar-refractivity contribution in [2.24, 2.45) is 0 Å². The van der Waals surface area contributed by atoms with Crippen molar-refractivity contribution in [3.8, 4) is 11.5 Å². The molecule has 0 saturated carbocycles. The lowest BCUT2D eigenvalue weighted by Crippen LogP contribution is -2.39. The molecule has 1 fully saturated rings. The molecule has 0 radical (unpaired) electrons. The van der Waals surface area contributed by atoms with Crippen LogP contribution in [0.3, 0.4) is 0 Å². The van der Waals surface area contributed by atoms with Crippen molar-refractivity contribution in [3.05, 3.63) is 66.6 Å². The number of amides is 1. The van der Waals surface area contributed by atoms with E-state index in [1.807, 2.05) is 42.5 Å². The lowest BCUT2D eigenvalue weighted by Gasteiger charge is -2.23. The molecule has 26 heavy (non-hydrogen) atoms. The summed E-state index contributed by atoms with van der Waals surface area (Å²) in [6, 6.07) is 17.6. The zero-order valence-corrected chi connectivity index (χ0v) is 14.3. The average Bonchev–Trinajstić information content (AvgIpc) is 3.35. The molecule has 132 valence electrons. The van der Waals surface area contributed by atoms with Gasteiger partial charge in [0.2, 0.25) is 18.2 Å². The number of likely N-dealkylation sites (tertiary alicyclic amines) is 1. The van der Waals surface area contributed by atoms with Crippen LogP contribution in [0.4, 0.5) is 5.69 Å². The Balaban J connectivity index is 1.40. The Morgan fingerprint density at radius 3 is 2.69 bits per heavy atom. The minimum Gasteiger partial charge on any atom is -0.423 e. The van der Waals surface area contributed by atoms with Gasteiger partial charge in [-0.3, -0.25) is 9.69 Å². The van der Waals surface area contributed by atoms with E-state index in [1.165, 1.54) is 12.0 Å². The Hall–Kier alpha value is -2.99. The van der Waals surface area contributed by atoms with E-state index in [9.17, 15) is 4.79 Å². The Bertz CT molecular complexity index is 847. The minimum atomic E-state index is -0.0918. The number of aromatic nitrogens is 2. The monoisotopic (exact) mass is 348 g/mol. The number of nitrogens with one attached hydrogen (secondary N) is 1. The van der Waals surface area contributed by atoms with Gasteiger partial charge in [0, 0.05) is 17.8 Å². The predicted molar refractivity (Wildman–Crippen MR) is 98.2 cm³/mol. The van der Waals surface area contributed by atoms with Gasteiger partial charge >= 0.3 is 0 Å². The molecule has 1 amide bonds. The second-order valence-electron chi connectivity index (χ2n) is 6.42. The molecule has 0 bridgehead atoms. The highest BCUT2D eigenvalue weighted by molar-refractivity contribution is 5.95. The first-order valence-corrected chi connectivity index (χ1v) is 8.75. The van der Waals surface area contributed by atoms with E-state index < -0.39 is 0 Å². The lowest BCUT2D eigenvalue weighted by atomic mass is 10.1. The molecule has 0 unspecified atom stereocenters. The fraction of sp³-hybridized carbons (Fsp3) is 0.250. The minimum absolute atomic E-state index is 0.0453. The first-order chi connectivity index (χ1) is 12.8. The Labute approximate surface area is 151 Å². The number of rotatable bonds is 5. The van der Waals surface area contributed by atoms with E-state index in [0.717, 1.165) is 37.2 Å². The summed E-state index contributed by atoms with van der Waals surface area (Å²) < 4.78 is 5.18. The van der Waals surface area contributed by atoms with Crippen LogP contribution >= 0.6 is 0 Å². The van der Waals surface area contributed by atoms with Crippen molar-refractivity contribution in [1.29, 1.82) is 0 Å². The van der Waals surface area contributed by atoms with Crippen LogP contribution in [-0.4, -0.2) is 33.6 Å². The van der Waals surface area contributed by atoms with Crippen molar-refractivity contribution in [2.75, 3.05) is 11.9 Å². The van der Waals surface area contributed by atoms with Crippen LogP contribution in [-0.2, 0) is 11.3 Å². The second-order valence-corrected chi connectivity index (χ2v) is 6.42. The Morgan fingerprint density at radius 1 is 1.15 bits per heavy atom. The van der Waals surface area contributed by atoms with Gasteiger partial charge in [0.15, 0.2) is 0 Å². The van der Waals surface area contributed by atoms with Gasteiger partial charge in [-0.05, 0) is 49.2 Å². The highest BCUT2D eigenvalue weighted by Crippen LogP contribution is 2.23. The maximum absolute atomic E-state index is 12.7. The van der Waals surface area contributed by atoms with Gasteiger partial charge in [0.1, 0.15) is 0 Å². The van der Waals surface area contributed by atoms with Crippen LogP contribution in [0.1, 0.15) is 18.4 Å². The van der Waals surface area contributed by atoms with E-state index in [4.69, 9.17) is 4.42 Å². The summed E-state index contributed by atoms with van der Waals surface area (Å²) in [5.74, 6) is 0.511. The summed E-state index contributed by atoms with van der Waals surface area (Å²) in [4.78, 5) is 15.0. The first-order valence-electron chi connectivity index (χ1n) is 8.75. The largest absolute Gasteiger partial charge is 0.423 e. The lowest BCUT2D eigenvalue weighted by molar-refractivity contribution is -0.120. The Kier molecular flexibility index (Phi) is 4.75. The van der Waals surface area contributed by atoms with Crippen LogP contribution in [0.2, 0.25) is 0 Å². The molecule has 1 aliphatic rings. The number of carbonyl (C=O) groups excluding carboxylic acids is 1. The third kappa shape index (κ3) is 3.65. The SMILES string of the molecule is O=C(Nc1ccc(-c2nnco2)cc1)[C@H]1CCCN1Cc1ccccc1. The maximum atomic E-state index is 12.7. The fourth-order valence-electron chi connectivity index (χ4n) is 3.35. The van der Waals surface area contributed by atoms with Crippen molar-refractivity contribution < 1.29 is 9.21 Å². The van der Waals surface area contributed by atoms with E-state index in [2.05, 4.69) is 32.5 Å². The number of benzene rings is 2. The smallest absolute Gasteiger partial charge is 0.247 e. The summed E-state index contributed by atoms with van der Waals surface area (Å²) >= 11 is 0. The van der Waals surface area contributed by atoms with E-state index >= 15 is 0 Å². The van der Waals surface area contributed by atoms with Gasteiger partial charge in [-0.15, -0.1) is 10.2 Å². The Morgan fingerprint density at radius 2 is 1.96 bits per heavy atom. The molecule has 6 nitrogen and oxygen atoms in total. The molecule has 1 saturated heterocycles. The van der Waals surface area contributed by atoms with Crippen molar-refractivity contribution in [1.82, 2.24) is 15.1 Å². The highest BCUT2D eigenvalue weighted by atomic mass is 16.4. The summed E-state index contributed by atoms with van der Waals surface area (Å²) in [5, 5.41) is 10.6. The molecule has 4 rings (SSSR count). The number of hydrogen-bond donors (Lipinski definition) is 1. The van der Waals surface area contributed by atoms with Crippen molar-refractivity contribution >= 4 is 11.6 Å². The summed E-state index contributed by atoms with van der Waals surface area (Å²) in [6.07, 6.45) is 3.23. The molecule has 3 aromatic rings. The topological polar surface area (TPSA) is 71.3 Å². The van der Waals surface area contributed by atoms with E-state index in [0.29, 0.717) is 5.89 Å². The molecule has 1 N–H and O–H groups in total. The number of hydrogen-bond acceptors (Lipinski definition) is 5. The van der Waals surface area contributed by atoms with Crippen LogP contribution in [0.15, 0.2) is 65.4 Å². The number of carbonyl (C=O) groups is 1. The highest BCUT2D eigenvalue weighted by Gasteiger charge is 2.30. The normalized spacial score (nSPS) is 17.3. The van der Waals surface area contributed by atoms with Crippen LogP contribution in [0, 0.1) is 0 Å². The molecule has 0 spiro atoms. The van der Waals surface area contributed by atoms with Crippen molar-refractivity contribution in [3.63, 3.8) is 0 Å². The molecule has 2 heterocycles. The summed E-state index contributed by atoms with van der Waals surface area (Å²) in [5.41, 5.74) is 2.83. The van der Waals surface area contributed by atoms with Gasteiger partial charge in [0.05, 0.1) is 6.04 Å². The number of nitrogens with zero attached hydrogens (tertiary/aromatic N) is 3. The molecule has 1 aromatic heterocycles.